The Labute approximate surface area is 178 Å². The molecule has 1 saturated heterocycles. The lowest BCUT2D eigenvalue weighted by Gasteiger charge is -2.45. The molecule has 1 atom stereocenters. The summed E-state index contributed by atoms with van der Waals surface area (Å²) in [6.07, 6.45) is 5.46. The predicted octanol–water partition coefficient (Wildman–Crippen LogP) is 4.25. The van der Waals surface area contributed by atoms with Crippen LogP contribution in [0.5, 0.6) is 5.75 Å². The van der Waals surface area contributed by atoms with Crippen LogP contribution in [0, 0.1) is 6.92 Å². The van der Waals surface area contributed by atoms with E-state index in [2.05, 4.69) is 0 Å². The van der Waals surface area contributed by atoms with Gasteiger partial charge in [0.25, 0.3) is 5.91 Å². The maximum absolute atomic E-state index is 13.8. The van der Waals surface area contributed by atoms with Gasteiger partial charge in [-0.25, -0.2) is 0 Å². The van der Waals surface area contributed by atoms with Gasteiger partial charge in [-0.15, -0.1) is 0 Å². The first-order chi connectivity index (χ1) is 14.6. The molecular weight excluding hydrogens is 376 g/mol. The number of hydrogen-bond acceptors (Lipinski definition) is 3. The molecule has 0 spiro atoms. The van der Waals surface area contributed by atoms with E-state index in [-0.39, 0.29) is 24.4 Å². The molecule has 5 nitrogen and oxygen atoms in total. The largest absolute Gasteiger partial charge is 0.496 e. The van der Waals surface area contributed by atoms with Gasteiger partial charge in [-0.2, -0.15) is 0 Å². The number of nitrogens with zero attached hydrogens (tertiary/aromatic N) is 2. The molecule has 0 bridgehead atoms. The van der Waals surface area contributed by atoms with Gasteiger partial charge in [0.2, 0.25) is 5.91 Å². The summed E-state index contributed by atoms with van der Waals surface area (Å²) in [6.45, 7) is 2.53. The van der Waals surface area contributed by atoms with Crippen molar-refractivity contribution in [3.05, 3.63) is 65.2 Å². The monoisotopic (exact) mass is 406 g/mol. The van der Waals surface area contributed by atoms with Crippen molar-refractivity contribution in [2.45, 2.75) is 57.7 Å². The molecule has 1 aliphatic heterocycles. The first-order valence-electron chi connectivity index (χ1n) is 10.9. The second kappa shape index (κ2) is 8.90. The molecule has 0 N–H and O–H groups in total. The Bertz CT molecular complexity index is 920. The third-order valence-corrected chi connectivity index (χ3v) is 6.49. The van der Waals surface area contributed by atoms with Gasteiger partial charge < -0.3 is 14.5 Å². The van der Waals surface area contributed by atoms with Crippen molar-refractivity contribution in [3.63, 3.8) is 0 Å². The van der Waals surface area contributed by atoms with Gasteiger partial charge in [0, 0.05) is 11.6 Å². The number of aryl methyl sites for hydroxylation is 1. The summed E-state index contributed by atoms with van der Waals surface area (Å²) in [4.78, 5) is 30.8. The molecule has 0 radical (unpaired) electrons. The van der Waals surface area contributed by atoms with Crippen LogP contribution in [0.25, 0.3) is 0 Å². The summed E-state index contributed by atoms with van der Waals surface area (Å²) < 4.78 is 5.50. The Hall–Kier alpha value is -2.82. The Kier molecular flexibility index (Phi) is 6.07. The van der Waals surface area contributed by atoms with Crippen LogP contribution < -0.4 is 4.74 Å². The summed E-state index contributed by atoms with van der Waals surface area (Å²) in [6, 6.07) is 15.2. The van der Waals surface area contributed by atoms with E-state index in [1.165, 1.54) is 6.42 Å². The van der Waals surface area contributed by atoms with Gasteiger partial charge in [-0.3, -0.25) is 9.59 Å². The van der Waals surface area contributed by atoms with E-state index in [0.717, 1.165) is 48.1 Å². The van der Waals surface area contributed by atoms with Crippen molar-refractivity contribution in [2.24, 2.45) is 0 Å². The summed E-state index contributed by atoms with van der Waals surface area (Å²) in [7, 11) is 1.63. The fourth-order valence-corrected chi connectivity index (χ4v) is 4.84. The highest BCUT2D eigenvalue weighted by Crippen LogP contribution is 2.35. The van der Waals surface area contributed by atoms with Crippen molar-refractivity contribution >= 4 is 11.8 Å². The van der Waals surface area contributed by atoms with Crippen molar-refractivity contribution in [3.8, 4) is 5.75 Å². The van der Waals surface area contributed by atoms with Crippen LogP contribution in [0.15, 0.2) is 48.5 Å². The normalized spacial score (nSPS) is 20.5. The number of para-hydroxylation sites is 1. The van der Waals surface area contributed by atoms with Crippen LogP contribution in [-0.2, 0) is 16.1 Å². The average Bonchev–Trinajstić information content (AvgIpc) is 2.78. The molecule has 158 valence electrons. The van der Waals surface area contributed by atoms with Crippen LogP contribution in [0.2, 0.25) is 0 Å². The van der Waals surface area contributed by atoms with E-state index in [9.17, 15) is 9.59 Å². The molecule has 2 amide bonds. The summed E-state index contributed by atoms with van der Waals surface area (Å²) in [5, 5.41) is 0. The molecule has 2 aliphatic rings. The topological polar surface area (TPSA) is 49.9 Å². The first kappa shape index (κ1) is 20.5. The van der Waals surface area contributed by atoms with Crippen LogP contribution in [-0.4, -0.2) is 41.3 Å². The molecule has 2 aromatic carbocycles. The Morgan fingerprint density at radius 1 is 0.967 bits per heavy atom. The number of carbonyl (C=O) groups excluding carboxylic acids is 2. The van der Waals surface area contributed by atoms with Crippen molar-refractivity contribution in [1.82, 2.24) is 9.80 Å². The molecule has 0 aromatic heterocycles. The van der Waals surface area contributed by atoms with E-state index in [0.29, 0.717) is 6.54 Å². The minimum Gasteiger partial charge on any atom is -0.496 e. The second-order valence-electron chi connectivity index (χ2n) is 8.35. The fraction of sp³-hybridized carbons (Fsp3) is 0.440. The molecule has 5 heteroatoms. The molecule has 1 heterocycles. The molecule has 1 unspecified atom stereocenters. The maximum atomic E-state index is 13.8. The number of rotatable bonds is 5. The maximum Gasteiger partial charge on any atom is 0.250 e. The third-order valence-electron chi connectivity index (χ3n) is 6.49. The minimum absolute atomic E-state index is 0.000618. The number of benzene rings is 2. The highest BCUT2D eigenvalue weighted by molar-refractivity contribution is 5.96. The van der Waals surface area contributed by atoms with Gasteiger partial charge in [-0.05, 0) is 37.0 Å². The van der Waals surface area contributed by atoms with Gasteiger partial charge in [0.05, 0.1) is 13.7 Å². The Morgan fingerprint density at radius 2 is 1.67 bits per heavy atom. The quantitative estimate of drug-likeness (QED) is 0.746. The lowest BCUT2D eigenvalue weighted by Crippen LogP contribution is -2.58. The van der Waals surface area contributed by atoms with Gasteiger partial charge >= 0.3 is 0 Å². The second-order valence-corrected chi connectivity index (χ2v) is 8.35. The van der Waals surface area contributed by atoms with Crippen molar-refractivity contribution in [1.29, 1.82) is 0 Å². The zero-order valence-electron chi connectivity index (χ0n) is 17.8. The zero-order chi connectivity index (χ0) is 21.1. The zero-order valence-corrected chi connectivity index (χ0v) is 17.8. The summed E-state index contributed by atoms with van der Waals surface area (Å²) >= 11 is 0. The summed E-state index contributed by atoms with van der Waals surface area (Å²) in [5.74, 6) is 0.779. The summed E-state index contributed by atoms with van der Waals surface area (Å²) in [5.41, 5.74) is 2.84. The van der Waals surface area contributed by atoms with Crippen LogP contribution >= 0.6 is 0 Å². The van der Waals surface area contributed by atoms with Gasteiger partial charge in [-0.1, -0.05) is 61.7 Å². The van der Waals surface area contributed by atoms with E-state index < -0.39 is 6.04 Å². The molecule has 30 heavy (non-hydrogen) atoms. The van der Waals surface area contributed by atoms with Gasteiger partial charge in [0.15, 0.2) is 0 Å². The smallest absolute Gasteiger partial charge is 0.250 e. The fourth-order valence-electron chi connectivity index (χ4n) is 4.84. The number of carbonyl (C=O) groups is 2. The SMILES string of the molecule is COc1ccccc1CN1C(=O)CN(C2CCCCC2)C(=O)C1c1ccccc1C. The lowest BCUT2D eigenvalue weighted by atomic mass is 9.90. The Morgan fingerprint density at radius 3 is 2.40 bits per heavy atom. The van der Waals surface area contributed by atoms with Crippen LogP contribution in [0.1, 0.15) is 54.8 Å². The van der Waals surface area contributed by atoms with Crippen molar-refractivity contribution in [2.75, 3.05) is 13.7 Å². The van der Waals surface area contributed by atoms with Crippen LogP contribution in [0.3, 0.4) is 0 Å². The van der Waals surface area contributed by atoms with E-state index in [1.807, 2.05) is 60.4 Å². The molecular formula is C25H30N2O3. The van der Waals surface area contributed by atoms with E-state index in [4.69, 9.17) is 4.74 Å². The number of hydrogen-bond donors (Lipinski definition) is 0. The number of piperazine rings is 1. The highest BCUT2D eigenvalue weighted by atomic mass is 16.5. The average molecular weight is 407 g/mol. The van der Waals surface area contributed by atoms with E-state index >= 15 is 0 Å². The van der Waals surface area contributed by atoms with Gasteiger partial charge in [0.1, 0.15) is 18.3 Å². The predicted molar refractivity (Wildman–Crippen MR) is 116 cm³/mol. The van der Waals surface area contributed by atoms with Crippen LogP contribution in [0.4, 0.5) is 0 Å². The molecule has 2 fully saturated rings. The number of methoxy groups -OCH3 is 1. The lowest BCUT2D eigenvalue weighted by molar-refractivity contribution is -0.160. The minimum atomic E-state index is -0.598. The Balaban J connectivity index is 1.71. The van der Waals surface area contributed by atoms with Crippen molar-refractivity contribution < 1.29 is 14.3 Å². The molecule has 4 rings (SSSR count). The number of amides is 2. The molecule has 2 aromatic rings. The molecule has 1 saturated carbocycles. The van der Waals surface area contributed by atoms with E-state index in [1.54, 1.807) is 12.0 Å². The standard InChI is InChI=1S/C25H30N2O3/c1-18-10-6-8-14-21(18)24-25(29)26(20-12-4-3-5-13-20)17-23(28)27(24)16-19-11-7-9-15-22(19)30-2/h6-11,14-15,20,24H,3-5,12-13,16-17H2,1-2H3. The highest BCUT2D eigenvalue weighted by Gasteiger charge is 2.43. The molecule has 1 aliphatic carbocycles. The number of ether oxygens (including phenoxy) is 1. The first-order valence-corrected chi connectivity index (χ1v) is 10.9. The third kappa shape index (κ3) is 3.93.